The van der Waals surface area contributed by atoms with Gasteiger partial charge >= 0.3 is 0 Å². The van der Waals surface area contributed by atoms with Crippen molar-refractivity contribution >= 4 is 0 Å². The fourth-order valence-electron chi connectivity index (χ4n) is 20.2. The SMILES string of the molecule is CCCCCCCCOC1CC(N(C2CCC(C)CC2)C2CCC(CCCCCCCC)CC2)C2CCC3C(OCCCCCCCC)CC(N(C4CCC(C)CC4)C4CCC(CCCCCCCC)CC4)C4CCC1C2C34. The smallest absolute Gasteiger partial charge is 0.0621 e. The minimum atomic E-state index is 0.460. The summed E-state index contributed by atoms with van der Waals surface area (Å²) < 4.78 is 15.3. The van der Waals surface area contributed by atoms with Crippen molar-refractivity contribution in [3.8, 4) is 0 Å². The average molecular weight is 1090 g/mol. The van der Waals surface area contributed by atoms with Crippen molar-refractivity contribution in [2.24, 2.45) is 59.2 Å². The van der Waals surface area contributed by atoms with Gasteiger partial charge in [0.15, 0.2) is 0 Å². The van der Waals surface area contributed by atoms with Crippen LogP contribution in [0.5, 0.6) is 0 Å². The lowest BCUT2D eigenvalue weighted by atomic mass is 9.45. The summed E-state index contributed by atoms with van der Waals surface area (Å²) in [5.74, 6) is 8.67. The van der Waals surface area contributed by atoms with Crippen molar-refractivity contribution < 1.29 is 9.47 Å². The minimum absolute atomic E-state index is 0.460. The van der Waals surface area contributed by atoms with Crippen LogP contribution in [-0.2, 0) is 9.47 Å². The van der Waals surface area contributed by atoms with E-state index < -0.39 is 0 Å². The quantitative estimate of drug-likeness (QED) is 0.0584. The Morgan fingerprint density at radius 2 is 0.577 bits per heavy atom. The molecule has 0 bridgehead atoms. The number of nitrogens with zero attached hydrogens (tertiary/aromatic N) is 2. The van der Waals surface area contributed by atoms with E-state index >= 15 is 0 Å². The van der Waals surface area contributed by atoms with Crippen molar-refractivity contribution in [2.75, 3.05) is 13.2 Å². The fraction of sp³-hybridized carbons (Fsp3) is 1.00. The molecule has 0 radical (unpaired) electrons. The van der Waals surface area contributed by atoms with Gasteiger partial charge in [-0.3, -0.25) is 9.80 Å². The Morgan fingerprint density at radius 1 is 0.295 bits per heavy atom. The van der Waals surface area contributed by atoms with Crippen LogP contribution >= 0.6 is 0 Å². The van der Waals surface area contributed by atoms with Gasteiger partial charge < -0.3 is 9.47 Å². The zero-order valence-corrected chi connectivity index (χ0v) is 53.5. The minimum Gasteiger partial charge on any atom is -0.378 e. The van der Waals surface area contributed by atoms with Crippen LogP contribution in [0.4, 0.5) is 0 Å². The third-order valence-electron chi connectivity index (χ3n) is 24.6. The second-order valence-electron chi connectivity index (χ2n) is 30.1. The highest BCUT2D eigenvalue weighted by Gasteiger charge is 2.62. The molecule has 78 heavy (non-hydrogen) atoms. The van der Waals surface area contributed by atoms with E-state index in [0.717, 1.165) is 109 Å². The summed E-state index contributed by atoms with van der Waals surface area (Å²) in [6.07, 6.45) is 69.9. The molecule has 10 unspecified atom stereocenters. The number of unbranched alkanes of at least 4 members (excludes halogenated alkanes) is 20. The molecule has 0 heterocycles. The molecule has 4 heteroatoms. The molecule has 0 aliphatic heterocycles. The zero-order valence-electron chi connectivity index (χ0n) is 53.5. The van der Waals surface area contributed by atoms with Gasteiger partial charge in [-0.1, -0.05) is 196 Å². The topological polar surface area (TPSA) is 24.9 Å². The van der Waals surface area contributed by atoms with Gasteiger partial charge in [0, 0.05) is 49.5 Å². The van der Waals surface area contributed by atoms with Crippen LogP contribution < -0.4 is 0 Å². The Kier molecular flexibility index (Phi) is 28.9. The highest BCUT2D eigenvalue weighted by Crippen LogP contribution is 2.63. The number of ether oxygens (including phenoxy) is 2. The first-order chi connectivity index (χ1) is 38.4. The van der Waals surface area contributed by atoms with Gasteiger partial charge in [0.1, 0.15) is 0 Å². The molecule has 8 aliphatic carbocycles. The molecule has 8 fully saturated rings. The van der Waals surface area contributed by atoms with E-state index in [1.807, 2.05) is 0 Å². The zero-order chi connectivity index (χ0) is 54.3. The molecule has 0 aromatic rings. The molecular weight excluding hydrogens is 949 g/mol. The molecule has 10 atom stereocenters. The summed E-state index contributed by atoms with van der Waals surface area (Å²) in [7, 11) is 0. The molecule has 0 aromatic carbocycles. The average Bonchev–Trinajstić information content (AvgIpc) is 3.36. The normalized spacial score (nSPS) is 37.2. The van der Waals surface area contributed by atoms with E-state index in [4.69, 9.17) is 9.47 Å². The lowest BCUT2D eigenvalue weighted by Gasteiger charge is -2.66. The van der Waals surface area contributed by atoms with Crippen LogP contribution in [0.2, 0.25) is 0 Å². The predicted molar refractivity (Wildman–Crippen MR) is 336 cm³/mol. The molecule has 4 nitrogen and oxygen atoms in total. The third-order valence-corrected chi connectivity index (χ3v) is 24.6. The summed E-state index contributed by atoms with van der Waals surface area (Å²) in [5, 5.41) is 0. The maximum absolute atomic E-state index is 7.63. The van der Waals surface area contributed by atoms with Crippen molar-refractivity contribution in [1.29, 1.82) is 0 Å². The van der Waals surface area contributed by atoms with Gasteiger partial charge in [0.2, 0.25) is 0 Å². The van der Waals surface area contributed by atoms with Crippen LogP contribution in [-0.4, -0.2) is 71.5 Å². The van der Waals surface area contributed by atoms with E-state index in [1.165, 1.54) is 308 Å². The van der Waals surface area contributed by atoms with Crippen LogP contribution in [0.1, 0.15) is 350 Å². The molecular formula is C74H136N2O2. The van der Waals surface area contributed by atoms with Gasteiger partial charge in [-0.25, -0.2) is 0 Å². The van der Waals surface area contributed by atoms with Crippen LogP contribution in [0, 0.1) is 59.2 Å². The van der Waals surface area contributed by atoms with Crippen LogP contribution in [0.3, 0.4) is 0 Å². The van der Waals surface area contributed by atoms with Crippen molar-refractivity contribution in [1.82, 2.24) is 9.80 Å². The van der Waals surface area contributed by atoms with E-state index in [-0.39, 0.29) is 0 Å². The van der Waals surface area contributed by atoms with E-state index in [0.29, 0.717) is 12.2 Å². The van der Waals surface area contributed by atoms with Gasteiger partial charge in [-0.05, 0) is 213 Å². The first kappa shape index (κ1) is 63.9. The van der Waals surface area contributed by atoms with Gasteiger partial charge in [-0.2, -0.15) is 0 Å². The van der Waals surface area contributed by atoms with Crippen molar-refractivity contribution in [3.05, 3.63) is 0 Å². The predicted octanol–water partition coefficient (Wildman–Crippen LogP) is 21.7. The Morgan fingerprint density at radius 3 is 0.910 bits per heavy atom. The first-order valence-corrected chi connectivity index (χ1v) is 37.2. The molecule has 8 saturated carbocycles. The van der Waals surface area contributed by atoms with Gasteiger partial charge in [0.05, 0.1) is 12.2 Å². The maximum atomic E-state index is 7.63. The highest BCUT2D eigenvalue weighted by molar-refractivity contribution is 5.13. The number of rotatable bonds is 36. The van der Waals surface area contributed by atoms with Crippen molar-refractivity contribution in [3.63, 3.8) is 0 Å². The standard InChI is InChI=1S/C74H136N2O2/c1-7-11-15-19-23-27-31-59-37-45-63(46-38-59)75(61-41-33-57(5)34-42-61)69-55-71(77-53-29-25-21-17-13-9-3)67-52-50-66-70(56-72(78-54-30-26-22-18-14-10-4)68-51-49-65(69)73(67)74(66)68)76(62-43-35-58(6)36-44-62)64-47-39-60(40-48-64)32-28-24-20-16-12-8-2/h57-74H,7-56H2,1-6H3. The highest BCUT2D eigenvalue weighted by atomic mass is 16.5. The molecule has 0 saturated heterocycles. The van der Waals surface area contributed by atoms with E-state index in [9.17, 15) is 0 Å². The summed E-state index contributed by atoms with van der Waals surface area (Å²) in [5.41, 5.74) is 0. The summed E-state index contributed by atoms with van der Waals surface area (Å²) in [6, 6.07) is 4.64. The van der Waals surface area contributed by atoms with Crippen molar-refractivity contribution in [2.45, 2.75) is 398 Å². The first-order valence-electron chi connectivity index (χ1n) is 37.2. The molecule has 0 N–H and O–H groups in total. The molecule has 0 aromatic heterocycles. The molecule has 0 spiro atoms. The monoisotopic (exact) mass is 1090 g/mol. The Balaban J connectivity index is 1.08. The summed E-state index contributed by atoms with van der Waals surface area (Å²) in [4.78, 5) is 6.87. The lowest BCUT2D eigenvalue weighted by Crippen LogP contribution is -2.68. The van der Waals surface area contributed by atoms with Crippen LogP contribution in [0.15, 0.2) is 0 Å². The van der Waals surface area contributed by atoms with E-state index in [2.05, 4.69) is 51.3 Å². The largest absolute Gasteiger partial charge is 0.378 e. The third kappa shape index (κ3) is 18.4. The summed E-state index contributed by atoms with van der Waals surface area (Å²) in [6.45, 7) is 16.7. The lowest BCUT2D eigenvalue weighted by molar-refractivity contribution is -0.212. The molecule has 8 aliphatic rings. The molecule has 454 valence electrons. The van der Waals surface area contributed by atoms with Gasteiger partial charge in [0.25, 0.3) is 0 Å². The number of hydrogen-bond donors (Lipinski definition) is 0. The summed E-state index contributed by atoms with van der Waals surface area (Å²) >= 11 is 0. The van der Waals surface area contributed by atoms with E-state index in [1.54, 1.807) is 0 Å². The molecule has 0 amide bonds. The maximum Gasteiger partial charge on any atom is 0.0621 e. The van der Waals surface area contributed by atoms with Gasteiger partial charge in [-0.15, -0.1) is 0 Å². The Hall–Kier alpha value is -0.160. The van der Waals surface area contributed by atoms with Crippen LogP contribution in [0.25, 0.3) is 0 Å². The Labute approximate surface area is 487 Å². The number of hydrogen-bond acceptors (Lipinski definition) is 4. The second-order valence-corrected chi connectivity index (χ2v) is 30.1. The Bertz CT molecular complexity index is 1410. The fourth-order valence-corrected chi connectivity index (χ4v) is 20.2. The second kappa shape index (κ2) is 35.3. The molecule has 8 rings (SSSR count).